The molecule has 5 heteroatoms. The standard InChI is InChI=1S/C18H22N2O3/c1-3-20(12-14-7-6-8-15(21)11-14)13-18(22)19-16-9-4-5-10-17(16)23-2/h4-11,21H,3,12-13H2,1-2H3,(H,19,22). The summed E-state index contributed by atoms with van der Waals surface area (Å²) in [5, 5.41) is 12.4. The maximum Gasteiger partial charge on any atom is 0.238 e. The molecule has 1 amide bonds. The normalized spacial score (nSPS) is 10.6. The molecule has 5 nitrogen and oxygen atoms in total. The summed E-state index contributed by atoms with van der Waals surface area (Å²) in [5.74, 6) is 0.769. The zero-order chi connectivity index (χ0) is 16.7. The van der Waals surface area contributed by atoms with Crippen LogP contribution in [-0.4, -0.2) is 36.1 Å². The van der Waals surface area contributed by atoms with Gasteiger partial charge in [0.15, 0.2) is 0 Å². The van der Waals surface area contributed by atoms with Crippen molar-refractivity contribution in [2.24, 2.45) is 0 Å². The number of anilines is 1. The lowest BCUT2D eigenvalue weighted by Crippen LogP contribution is -2.32. The largest absolute Gasteiger partial charge is 0.508 e. The van der Waals surface area contributed by atoms with Crippen LogP contribution in [0, 0.1) is 0 Å². The highest BCUT2D eigenvalue weighted by Gasteiger charge is 2.12. The Bertz CT molecular complexity index is 658. The molecule has 0 radical (unpaired) electrons. The van der Waals surface area contributed by atoms with Crippen molar-refractivity contribution in [3.8, 4) is 11.5 Å². The molecule has 0 saturated heterocycles. The van der Waals surface area contributed by atoms with Crippen LogP contribution in [0.5, 0.6) is 11.5 Å². The van der Waals surface area contributed by atoms with Crippen LogP contribution in [0.1, 0.15) is 12.5 Å². The van der Waals surface area contributed by atoms with E-state index in [1.54, 1.807) is 31.4 Å². The SMILES string of the molecule is CCN(CC(=O)Nc1ccccc1OC)Cc1cccc(O)c1. The van der Waals surface area contributed by atoms with Crippen molar-refractivity contribution in [2.45, 2.75) is 13.5 Å². The third-order valence-electron chi connectivity index (χ3n) is 3.51. The number of hydrogen-bond acceptors (Lipinski definition) is 4. The van der Waals surface area contributed by atoms with Gasteiger partial charge in [-0.05, 0) is 36.4 Å². The number of para-hydroxylation sites is 2. The third kappa shape index (κ3) is 5.00. The van der Waals surface area contributed by atoms with Crippen LogP contribution in [0.2, 0.25) is 0 Å². The van der Waals surface area contributed by atoms with Gasteiger partial charge in [-0.2, -0.15) is 0 Å². The number of ether oxygens (including phenoxy) is 1. The topological polar surface area (TPSA) is 61.8 Å². The maximum atomic E-state index is 12.2. The number of hydrogen-bond donors (Lipinski definition) is 2. The summed E-state index contributed by atoms with van der Waals surface area (Å²) in [5.41, 5.74) is 1.63. The molecule has 0 atom stereocenters. The second kappa shape index (κ2) is 8.19. The Balaban J connectivity index is 1.97. The first-order chi connectivity index (χ1) is 11.1. The molecular weight excluding hydrogens is 292 g/mol. The van der Waals surface area contributed by atoms with Crippen molar-refractivity contribution in [3.63, 3.8) is 0 Å². The molecule has 122 valence electrons. The quantitative estimate of drug-likeness (QED) is 0.825. The lowest BCUT2D eigenvalue weighted by atomic mass is 10.2. The first-order valence-electron chi connectivity index (χ1n) is 7.55. The lowest BCUT2D eigenvalue weighted by Gasteiger charge is -2.20. The summed E-state index contributed by atoms with van der Waals surface area (Å²) >= 11 is 0. The highest BCUT2D eigenvalue weighted by Crippen LogP contribution is 2.23. The van der Waals surface area contributed by atoms with Gasteiger partial charge in [0.2, 0.25) is 5.91 Å². The molecule has 2 N–H and O–H groups in total. The zero-order valence-electron chi connectivity index (χ0n) is 13.5. The van der Waals surface area contributed by atoms with E-state index in [1.807, 2.05) is 36.1 Å². The van der Waals surface area contributed by atoms with Crippen LogP contribution in [0.25, 0.3) is 0 Å². The van der Waals surface area contributed by atoms with E-state index in [0.29, 0.717) is 18.0 Å². The van der Waals surface area contributed by atoms with Crippen molar-refractivity contribution in [1.82, 2.24) is 4.90 Å². The first kappa shape index (κ1) is 16.8. The maximum absolute atomic E-state index is 12.2. The monoisotopic (exact) mass is 314 g/mol. The Hall–Kier alpha value is -2.53. The summed E-state index contributed by atoms with van der Waals surface area (Å²) in [6, 6.07) is 14.4. The smallest absolute Gasteiger partial charge is 0.238 e. The van der Waals surface area contributed by atoms with Crippen LogP contribution in [0.15, 0.2) is 48.5 Å². The molecule has 0 aliphatic rings. The molecular formula is C18H22N2O3. The van der Waals surface area contributed by atoms with E-state index in [4.69, 9.17) is 4.74 Å². The highest BCUT2D eigenvalue weighted by molar-refractivity contribution is 5.93. The number of rotatable bonds is 7. The van der Waals surface area contributed by atoms with Gasteiger partial charge in [0.1, 0.15) is 11.5 Å². The molecule has 0 aliphatic heterocycles. The number of aromatic hydroxyl groups is 1. The van der Waals surface area contributed by atoms with Gasteiger partial charge in [-0.1, -0.05) is 31.2 Å². The first-order valence-corrected chi connectivity index (χ1v) is 7.55. The summed E-state index contributed by atoms with van der Waals surface area (Å²) in [6.07, 6.45) is 0. The van der Waals surface area contributed by atoms with E-state index in [9.17, 15) is 9.90 Å². The van der Waals surface area contributed by atoms with Crippen LogP contribution >= 0.6 is 0 Å². The number of nitrogens with zero attached hydrogens (tertiary/aromatic N) is 1. The Morgan fingerprint density at radius 3 is 2.70 bits per heavy atom. The Morgan fingerprint density at radius 1 is 1.22 bits per heavy atom. The predicted octanol–water partition coefficient (Wildman–Crippen LogP) is 2.86. The molecule has 0 heterocycles. The average molecular weight is 314 g/mol. The number of likely N-dealkylation sites (N-methyl/N-ethyl adjacent to an activating group) is 1. The van der Waals surface area contributed by atoms with E-state index in [-0.39, 0.29) is 18.2 Å². The van der Waals surface area contributed by atoms with Gasteiger partial charge in [0.25, 0.3) is 0 Å². The molecule has 0 fully saturated rings. The molecule has 23 heavy (non-hydrogen) atoms. The summed E-state index contributed by atoms with van der Waals surface area (Å²) in [6.45, 7) is 3.60. The van der Waals surface area contributed by atoms with Gasteiger partial charge in [-0.3, -0.25) is 9.69 Å². The fourth-order valence-corrected chi connectivity index (χ4v) is 2.33. The fourth-order valence-electron chi connectivity index (χ4n) is 2.33. The molecule has 0 saturated carbocycles. The van der Waals surface area contributed by atoms with Crippen LogP contribution in [0.4, 0.5) is 5.69 Å². The minimum Gasteiger partial charge on any atom is -0.508 e. The highest BCUT2D eigenvalue weighted by atomic mass is 16.5. The zero-order valence-corrected chi connectivity index (χ0v) is 13.5. The van der Waals surface area contributed by atoms with Crippen molar-refractivity contribution < 1.29 is 14.6 Å². The average Bonchev–Trinajstić information content (AvgIpc) is 2.54. The van der Waals surface area contributed by atoms with Gasteiger partial charge < -0.3 is 15.2 Å². The molecule has 2 aromatic rings. The number of phenols is 1. The Morgan fingerprint density at radius 2 is 2.00 bits per heavy atom. The number of amides is 1. The lowest BCUT2D eigenvalue weighted by molar-refractivity contribution is -0.117. The van der Waals surface area contributed by atoms with Crippen molar-refractivity contribution in [1.29, 1.82) is 0 Å². The van der Waals surface area contributed by atoms with Crippen LogP contribution < -0.4 is 10.1 Å². The summed E-state index contributed by atoms with van der Waals surface area (Å²) in [4.78, 5) is 14.2. The van der Waals surface area contributed by atoms with E-state index < -0.39 is 0 Å². The van der Waals surface area contributed by atoms with Gasteiger partial charge in [-0.25, -0.2) is 0 Å². The molecule has 0 aliphatic carbocycles. The van der Waals surface area contributed by atoms with E-state index >= 15 is 0 Å². The number of phenolic OH excluding ortho intramolecular Hbond substituents is 1. The van der Waals surface area contributed by atoms with Gasteiger partial charge >= 0.3 is 0 Å². The third-order valence-corrected chi connectivity index (χ3v) is 3.51. The van der Waals surface area contributed by atoms with Gasteiger partial charge in [0.05, 0.1) is 19.3 Å². The minimum absolute atomic E-state index is 0.100. The number of benzene rings is 2. The molecule has 0 aromatic heterocycles. The minimum atomic E-state index is -0.100. The Labute approximate surface area is 136 Å². The van der Waals surface area contributed by atoms with Crippen molar-refractivity contribution >= 4 is 11.6 Å². The van der Waals surface area contributed by atoms with Crippen LogP contribution in [-0.2, 0) is 11.3 Å². The van der Waals surface area contributed by atoms with E-state index in [1.165, 1.54) is 0 Å². The van der Waals surface area contributed by atoms with E-state index in [2.05, 4.69) is 5.32 Å². The number of carbonyl (C=O) groups is 1. The molecule has 2 aromatic carbocycles. The fraction of sp³-hybridized carbons (Fsp3) is 0.278. The number of carbonyl (C=O) groups excluding carboxylic acids is 1. The number of methoxy groups -OCH3 is 1. The summed E-state index contributed by atoms with van der Waals surface area (Å²) in [7, 11) is 1.57. The second-order valence-electron chi connectivity index (χ2n) is 5.22. The second-order valence-corrected chi connectivity index (χ2v) is 5.22. The van der Waals surface area contributed by atoms with Gasteiger partial charge in [0, 0.05) is 6.54 Å². The van der Waals surface area contributed by atoms with Crippen molar-refractivity contribution in [3.05, 3.63) is 54.1 Å². The molecule has 0 spiro atoms. The summed E-state index contributed by atoms with van der Waals surface area (Å²) < 4.78 is 5.23. The van der Waals surface area contributed by atoms with Gasteiger partial charge in [-0.15, -0.1) is 0 Å². The molecule has 2 rings (SSSR count). The van der Waals surface area contributed by atoms with Crippen molar-refractivity contribution in [2.75, 3.05) is 25.5 Å². The molecule has 0 unspecified atom stereocenters. The van der Waals surface area contributed by atoms with E-state index in [0.717, 1.165) is 12.1 Å². The Kier molecular flexibility index (Phi) is 6.00. The molecule has 0 bridgehead atoms. The number of nitrogens with one attached hydrogen (secondary N) is 1. The predicted molar refractivity (Wildman–Crippen MR) is 90.7 cm³/mol. The van der Waals surface area contributed by atoms with Crippen LogP contribution in [0.3, 0.4) is 0 Å².